The molecular formula is C11H17N3O5S2. The van der Waals surface area contributed by atoms with Crippen LogP contribution in [0.4, 0.5) is 4.79 Å². The Morgan fingerprint density at radius 1 is 1.14 bits per heavy atom. The largest absolute Gasteiger partial charge is 0.465 e. The van der Waals surface area contributed by atoms with Crippen LogP contribution >= 0.6 is 23.5 Å². The summed E-state index contributed by atoms with van der Waals surface area (Å²) >= 11 is 2.87. The molecule has 10 heteroatoms. The summed E-state index contributed by atoms with van der Waals surface area (Å²) in [4.78, 5) is 43.3. The Balaban J connectivity index is 2.10. The molecular weight excluding hydrogens is 318 g/mol. The van der Waals surface area contributed by atoms with E-state index in [9.17, 15) is 14.4 Å². The lowest BCUT2D eigenvalue weighted by atomic mass is 10.2. The molecule has 0 bridgehead atoms. The number of carbonyl (C=O) groups excluding carboxylic acids is 2. The fraction of sp³-hybridized carbons (Fsp3) is 0.727. The highest BCUT2D eigenvalue weighted by Gasteiger charge is 2.43. The molecule has 0 aromatic heterocycles. The fourth-order valence-electron chi connectivity index (χ4n) is 2.19. The molecule has 2 atom stereocenters. The van der Waals surface area contributed by atoms with Crippen molar-refractivity contribution in [1.29, 1.82) is 0 Å². The van der Waals surface area contributed by atoms with Gasteiger partial charge in [0.25, 0.3) is 5.91 Å². The highest BCUT2D eigenvalue weighted by atomic mass is 32.2. The lowest BCUT2D eigenvalue weighted by molar-refractivity contribution is -0.174. The van der Waals surface area contributed by atoms with Crippen molar-refractivity contribution < 1.29 is 24.3 Å². The molecule has 2 aliphatic rings. The molecule has 21 heavy (non-hydrogen) atoms. The van der Waals surface area contributed by atoms with Crippen molar-refractivity contribution >= 4 is 41.4 Å². The van der Waals surface area contributed by atoms with Crippen LogP contribution in [0.3, 0.4) is 0 Å². The molecule has 0 aromatic rings. The maximum Gasteiger partial charge on any atom is 0.408 e. The predicted molar refractivity (Wildman–Crippen MR) is 78.7 cm³/mol. The number of carbonyl (C=O) groups is 3. The lowest BCUT2D eigenvalue weighted by Gasteiger charge is -2.30. The molecule has 118 valence electrons. The zero-order valence-electron chi connectivity index (χ0n) is 11.7. The van der Waals surface area contributed by atoms with E-state index in [1.165, 1.54) is 42.6 Å². The van der Waals surface area contributed by atoms with Gasteiger partial charge in [-0.25, -0.2) is 9.86 Å². The van der Waals surface area contributed by atoms with Gasteiger partial charge in [0.1, 0.15) is 12.1 Å². The first-order valence-corrected chi connectivity index (χ1v) is 8.55. The summed E-state index contributed by atoms with van der Waals surface area (Å²) in [5.74, 6) is 0.974. The molecule has 0 saturated carbocycles. The second kappa shape index (κ2) is 6.75. The maximum atomic E-state index is 12.6. The van der Waals surface area contributed by atoms with Crippen molar-refractivity contribution in [3.8, 4) is 0 Å². The summed E-state index contributed by atoms with van der Waals surface area (Å²) in [7, 11) is 2.87. The summed E-state index contributed by atoms with van der Waals surface area (Å²) in [6, 6.07) is -1.32. The Labute approximate surface area is 130 Å². The van der Waals surface area contributed by atoms with E-state index in [1.54, 1.807) is 0 Å². The molecule has 1 N–H and O–H groups in total. The van der Waals surface area contributed by atoms with Gasteiger partial charge < -0.3 is 10.0 Å². The third-order valence-electron chi connectivity index (χ3n) is 3.45. The fourth-order valence-corrected chi connectivity index (χ4v) is 4.48. The zero-order valence-corrected chi connectivity index (χ0v) is 13.4. The summed E-state index contributed by atoms with van der Waals surface area (Å²) in [5.41, 5.74) is 0. The second-order valence-electron chi connectivity index (χ2n) is 4.61. The van der Waals surface area contributed by atoms with Gasteiger partial charge in [-0.05, 0) is 0 Å². The van der Waals surface area contributed by atoms with Gasteiger partial charge in [0.15, 0.2) is 0 Å². The molecule has 8 nitrogen and oxygen atoms in total. The smallest absolute Gasteiger partial charge is 0.408 e. The van der Waals surface area contributed by atoms with Crippen molar-refractivity contribution in [2.24, 2.45) is 0 Å². The Bertz CT molecular complexity index is 450. The van der Waals surface area contributed by atoms with E-state index in [-0.39, 0.29) is 17.7 Å². The molecule has 2 rings (SSSR count). The number of amides is 3. The number of nitrogens with zero attached hydrogens (tertiary/aromatic N) is 3. The van der Waals surface area contributed by atoms with Gasteiger partial charge in [0, 0.05) is 18.6 Å². The van der Waals surface area contributed by atoms with E-state index < -0.39 is 18.2 Å². The molecule has 0 aliphatic carbocycles. The van der Waals surface area contributed by atoms with Gasteiger partial charge in [0.2, 0.25) is 5.91 Å². The first kappa shape index (κ1) is 16.2. The number of rotatable bonds is 3. The molecule has 2 heterocycles. The molecule has 2 aliphatic heterocycles. The normalized spacial score (nSPS) is 25.2. The molecule has 2 saturated heterocycles. The number of hydrogen-bond donors (Lipinski definition) is 1. The van der Waals surface area contributed by atoms with Crippen LogP contribution in [0.15, 0.2) is 0 Å². The van der Waals surface area contributed by atoms with Crippen molar-refractivity contribution in [2.75, 3.05) is 37.4 Å². The van der Waals surface area contributed by atoms with Crippen LogP contribution in [0.5, 0.6) is 0 Å². The number of hydroxylamine groups is 2. The first-order chi connectivity index (χ1) is 9.97. The number of carboxylic acid groups (broad SMARTS) is 1. The minimum absolute atomic E-state index is 0.281. The number of thioether (sulfide) groups is 2. The summed E-state index contributed by atoms with van der Waals surface area (Å²) in [6.07, 6.45) is -1.11. The van der Waals surface area contributed by atoms with Gasteiger partial charge in [-0.15, -0.1) is 23.5 Å². The number of likely N-dealkylation sites (N-methyl/N-ethyl adjacent to an activating group) is 1. The van der Waals surface area contributed by atoms with Crippen LogP contribution < -0.4 is 0 Å². The van der Waals surface area contributed by atoms with Crippen molar-refractivity contribution in [3.63, 3.8) is 0 Å². The van der Waals surface area contributed by atoms with Crippen LogP contribution in [0.1, 0.15) is 0 Å². The highest BCUT2D eigenvalue weighted by Crippen LogP contribution is 2.28. The average Bonchev–Trinajstić information content (AvgIpc) is 3.13. The maximum absolute atomic E-state index is 12.6. The van der Waals surface area contributed by atoms with Crippen molar-refractivity contribution in [1.82, 2.24) is 14.9 Å². The minimum Gasteiger partial charge on any atom is -0.465 e. The van der Waals surface area contributed by atoms with Crippen LogP contribution in [0.25, 0.3) is 0 Å². The van der Waals surface area contributed by atoms with Crippen LogP contribution in [0, 0.1) is 0 Å². The molecule has 3 amide bonds. The first-order valence-electron chi connectivity index (χ1n) is 6.24. The van der Waals surface area contributed by atoms with E-state index in [2.05, 4.69) is 0 Å². The molecule has 2 fully saturated rings. The summed E-state index contributed by atoms with van der Waals surface area (Å²) in [6.45, 7) is 0. The average molecular weight is 335 g/mol. The summed E-state index contributed by atoms with van der Waals surface area (Å²) in [5, 5.41) is 10.2. The van der Waals surface area contributed by atoms with E-state index in [0.29, 0.717) is 17.4 Å². The van der Waals surface area contributed by atoms with E-state index in [4.69, 9.17) is 9.94 Å². The topological polar surface area (TPSA) is 90.4 Å². The quantitative estimate of drug-likeness (QED) is 0.724. The van der Waals surface area contributed by atoms with Crippen molar-refractivity contribution in [3.05, 3.63) is 0 Å². The van der Waals surface area contributed by atoms with Gasteiger partial charge in [-0.2, -0.15) is 0 Å². The van der Waals surface area contributed by atoms with Gasteiger partial charge in [-0.1, -0.05) is 0 Å². The van der Waals surface area contributed by atoms with E-state index in [1.807, 2.05) is 0 Å². The van der Waals surface area contributed by atoms with Crippen LogP contribution in [0.2, 0.25) is 0 Å². The second-order valence-corrected chi connectivity index (χ2v) is 6.61. The van der Waals surface area contributed by atoms with E-state index >= 15 is 0 Å². The molecule has 0 spiro atoms. The van der Waals surface area contributed by atoms with Gasteiger partial charge in [0.05, 0.1) is 18.9 Å². The third kappa shape index (κ3) is 3.22. The van der Waals surface area contributed by atoms with Crippen molar-refractivity contribution in [2.45, 2.75) is 12.1 Å². The molecule has 2 unspecified atom stereocenters. The van der Waals surface area contributed by atoms with Gasteiger partial charge >= 0.3 is 6.09 Å². The Hall–Kier alpha value is -1.13. The molecule has 0 radical (unpaired) electrons. The third-order valence-corrected chi connectivity index (χ3v) is 5.47. The standard InChI is InChI=1S/C11H17N3O5S2/c1-12(19-2)9(15)7-3-20-5-13(7)10(16)8-4-21-6-14(8)11(17)18/h7-8H,3-6H2,1-2H3,(H,17,18). The highest BCUT2D eigenvalue weighted by molar-refractivity contribution is 7.99. The Morgan fingerprint density at radius 2 is 1.71 bits per heavy atom. The number of hydrogen-bond acceptors (Lipinski definition) is 6. The summed E-state index contributed by atoms with van der Waals surface area (Å²) < 4.78 is 0. The van der Waals surface area contributed by atoms with Gasteiger partial charge in [-0.3, -0.25) is 19.3 Å². The Kier molecular flexibility index (Phi) is 5.22. The van der Waals surface area contributed by atoms with Crippen LogP contribution in [-0.2, 0) is 14.4 Å². The van der Waals surface area contributed by atoms with E-state index in [0.717, 1.165) is 9.96 Å². The SMILES string of the molecule is CON(C)C(=O)C1CSCN1C(=O)C1CSCN1C(=O)O. The molecule has 0 aromatic carbocycles. The van der Waals surface area contributed by atoms with Crippen LogP contribution in [-0.4, -0.2) is 87.4 Å². The minimum atomic E-state index is -1.11. The predicted octanol–water partition coefficient (Wildman–Crippen LogP) is -0.0394. The lowest BCUT2D eigenvalue weighted by Crippen LogP contribution is -2.54. The monoisotopic (exact) mass is 335 g/mol. The zero-order chi connectivity index (χ0) is 15.6. The Morgan fingerprint density at radius 3 is 2.29 bits per heavy atom.